The van der Waals surface area contributed by atoms with Gasteiger partial charge in [-0.05, 0) is 49.7 Å². The van der Waals surface area contributed by atoms with Gasteiger partial charge in [0, 0.05) is 17.4 Å². The number of carbonyl (C=O) groups excluding carboxylic acids is 1. The Bertz CT molecular complexity index is 513. The number of benzene rings is 1. The molecular formula is C16H21NO2. The monoisotopic (exact) mass is 259 g/mol. The maximum atomic E-state index is 11.6. The highest BCUT2D eigenvalue weighted by Crippen LogP contribution is 2.48. The lowest BCUT2D eigenvalue weighted by atomic mass is 9.59. The fourth-order valence-electron chi connectivity index (χ4n) is 3.90. The van der Waals surface area contributed by atoms with Gasteiger partial charge in [-0.25, -0.2) is 0 Å². The molecule has 3 atom stereocenters. The number of methoxy groups -OCH3 is 1. The van der Waals surface area contributed by atoms with E-state index in [4.69, 9.17) is 4.74 Å². The molecule has 0 radical (unpaired) electrons. The number of fused-ring (bicyclic) bond motifs is 4. The first-order valence-corrected chi connectivity index (χ1v) is 6.93. The summed E-state index contributed by atoms with van der Waals surface area (Å²) < 4.78 is 5.35. The minimum atomic E-state index is -0.0406. The first-order valence-electron chi connectivity index (χ1n) is 6.93. The van der Waals surface area contributed by atoms with E-state index in [2.05, 4.69) is 31.0 Å². The average Bonchev–Trinajstić information content (AvgIpc) is 2.43. The molecular weight excluding hydrogens is 238 g/mol. The second-order valence-electron chi connectivity index (χ2n) is 6.10. The zero-order chi connectivity index (χ0) is 13.6. The Hall–Kier alpha value is -1.35. The summed E-state index contributed by atoms with van der Waals surface area (Å²) >= 11 is 0. The van der Waals surface area contributed by atoms with Crippen LogP contribution in [0, 0.1) is 5.92 Å². The van der Waals surface area contributed by atoms with Crippen molar-refractivity contribution in [3.05, 3.63) is 29.3 Å². The number of piperidine rings is 1. The van der Waals surface area contributed by atoms with Gasteiger partial charge in [0.1, 0.15) is 12.0 Å². The molecule has 102 valence electrons. The van der Waals surface area contributed by atoms with Gasteiger partial charge in [0.15, 0.2) is 0 Å². The number of nitrogens with zero attached hydrogens (tertiary/aromatic N) is 1. The van der Waals surface area contributed by atoms with Gasteiger partial charge >= 0.3 is 0 Å². The normalized spacial score (nSPS) is 33.6. The molecule has 1 unspecified atom stereocenters. The van der Waals surface area contributed by atoms with Crippen LogP contribution in [-0.2, 0) is 16.6 Å². The Balaban J connectivity index is 2.15. The van der Waals surface area contributed by atoms with Gasteiger partial charge < -0.3 is 14.4 Å². The van der Waals surface area contributed by atoms with Crippen molar-refractivity contribution in [3.63, 3.8) is 0 Å². The van der Waals surface area contributed by atoms with E-state index in [0.29, 0.717) is 6.04 Å². The lowest BCUT2D eigenvalue weighted by molar-refractivity contribution is -0.118. The number of carbonyl (C=O) groups is 1. The van der Waals surface area contributed by atoms with Gasteiger partial charge in [-0.2, -0.15) is 0 Å². The molecule has 0 N–H and O–H groups in total. The molecule has 1 aliphatic carbocycles. The molecule has 3 heteroatoms. The molecule has 1 aromatic carbocycles. The quantitative estimate of drug-likeness (QED) is 0.761. The topological polar surface area (TPSA) is 29.5 Å². The zero-order valence-electron chi connectivity index (χ0n) is 11.8. The molecule has 19 heavy (non-hydrogen) atoms. The summed E-state index contributed by atoms with van der Waals surface area (Å²) in [7, 11) is 3.83. The standard InChI is InChI=1S/C16H21NO2/c1-16-6-7-17(2)15(14(16)10-18)8-11-4-5-12(19-3)9-13(11)16/h4-5,9-10,14-15H,6-8H2,1-3H3/t14-,15?,16+/m0/s1. The molecule has 2 aliphatic rings. The first-order chi connectivity index (χ1) is 9.10. The number of hydrogen-bond donors (Lipinski definition) is 0. The highest BCUT2D eigenvalue weighted by Gasteiger charge is 2.49. The number of ether oxygens (including phenoxy) is 1. The zero-order valence-corrected chi connectivity index (χ0v) is 11.8. The number of aldehydes is 1. The fraction of sp³-hybridized carbons (Fsp3) is 0.562. The predicted octanol–water partition coefficient (Wildman–Crippen LogP) is 2.03. The Morgan fingerprint density at radius 1 is 1.47 bits per heavy atom. The first kappa shape index (κ1) is 12.7. The second kappa shape index (κ2) is 4.34. The van der Waals surface area contributed by atoms with Crippen molar-refractivity contribution in [1.29, 1.82) is 0 Å². The molecule has 0 spiro atoms. The molecule has 1 fully saturated rings. The third-order valence-corrected chi connectivity index (χ3v) is 5.21. The van der Waals surface area contributed by atoms with Gasteiger partial charge in [-0.15, -0.1) is 0 Å². The van der Waals surface area contributed by atoms with Crippen LogP contribution in [0.15, 0.2) is 18.2 Å². The van der Waals surface area contributed by atoms with Crippen LogP contribution in [0.2, 0.25) is 0 Å². The Morgan fingerprint density at radius 3 is 2.95 bits per heavy atom. The van der Waals surface area contributed by atoms with Gasteiger partial charge in [0.05, 0.1) is 7.11 Å². The second-order valence-corrected chi connectivity index (χ2v) is 6.10. The van der Waals surface area contributed by atoms with Crippen LogP contribution >= 0.6 is 0 Å². The highest BCUT2D eigenvalue weighted by atomic mass is 16.5. The van der Waals surface area contributed by atoms with Crippen molar-refractivity contribution >= 4 is 6.29 Å². The predicted molar refractivity (Wildman–Crippen MR) is 74.6 cm³/mol. The van der Waals surface area contributed by atoms with E-state index in [1.807, 2.05) is 6.07 Å². The number of rotatable bonds is 2. The van der Waals surface area contributed by atoms with Crippen molar-refractivity contribution in [2.45, 2.75) is 31.2 Å². The van der Waals surface area contributed by atoms with Crippen LogP contribution in [0.5, 0.6) is 5.75 Å². The van der Waals surface area contributed by atoms with E-state index in [1.54, 1.807) is 7.11 Å². The van der Waals surface area contributed by atoms with E-state index >= 15 is 0 Å². The van der Waals surface area contributed by atoms with E-state index in [0.717, 1.165) is 25.1 Å². The molecule has 3 rings (SSSR count). The van der Waals surface area contributed by atoms with Crippen molar-refractivity contribution < 1.29 is 9.53 Å². The van der Waals surface area contributed by atoms with Crippen molar-refractivity contribution in [2.75, 3.05) is 20.7 Å². The van der Waals surface area contributed by atoms with E-state index in [1.165, 1.54) is 17.4 Å². The maximum Gasteiger partial charge on any atom is 0.125 e. The van der Waals surface area contributed by atoms with Gasteiger partial charge in [0.2, 0.25) is 0 Å². The fourth-order valence-corrected chi connectivity index (χ4v) is 3.90. The molecule has 1 aliphatic heterocycles. The molecule has 1 heterocycles. The Morgan fingerprint density at radius 2 is 2.26 bits per heavy atom. The molecule has 0 aromatic heterocycles. The van der Waals surface area contributed by atoms with Crippen LogP contribution in [0.3, 0.4) is 0 Å². The minimum Gasteiger partial charge on any atom is -0.497 e. The lowest BCUT2D eigenvalue weighted by Gasteiger charge is -2.52. The molecule has 1 aromatic rings. The smallest absolute Gasteiger partial charge is 0.125 e. The number of likely N-dealkylation sites (tertiary alicyclic amines) is 1. The third-order valence-electron chi connectivity index (χ3n) is 5.21. The van der Waals surface area contributed by atoms with Gasteiger partial charge in [-0.1, -0.05) is 13.0 Å². The van der Waals surface area contributed by atoms with Crippen LogP contribution in [0.25, 0.3) is 0 Å². The van der Waals surface area contributed by atoms with Crippen molar-refractivity contribution in [1.82, 2.24) is 4.90 Å². The van der Waals surface area contributed by atoms with Gasteiger partial charge in [-0.3, -0.25) is 0 Å². The summed E-state index contributed by atoms with van der Waals surface area (Å²) in [6.07, 6.45) is 3.17. The average molecular weight is 259 g/mol. The molecule has 0 saturated carbocycles. The molecule has 0 amide bonds. The van der Waals surface area contributed by atoms with Crippen LogP contribution < -0.4 is 4.74 Å². The summed E-state index contributed by atoms with van der Waals surface area (Å²) in [5.74, 6) is 0.979. The Kier molecular flexibility index (Phi) is 2.90. The summed E-state index contributed by atoms with van der Waals surface area (Å²) in [6, 6.07) is 6.67. The van der Waals surface area contributed by atoms with Crippen LogP contribution in [0.4, 0.5) is 0 Å². The summed E-state index contributed by atoms with van der Waals surface area (Å²) in [5, 5.41) is 0. The van der Waals surface area contributed by atoms with E-state index < -0.39 is 0 Å². The summed E-state index contributed by atoms with van der Waals surface area (Å²) in [5.41, 5.74) is 2.65. The van der Waals surface area contributed by atoms with Crippen LogP contribution in [0.1, 0.15) is 24.5 Å². The lowest BCUT2D eigenvalue weighted by Crippen LogP contribution is -2.58. The van der Waals surface area contributed by atoms with Crippen LogP contribution in [-0.4, -0.2) is 37.9 Å². The summed E-state index contributed by atoms with van der Waals surface area (Å²) in [6.45, 7) is 3.30. The number of likely N-dealkylation sites (N-methyl/N-ethyl adjacent to an activating group) is 1. The van der Waals surface area contributed by atoms with Crippen molar-refractivity contribution in [2.24, 2.45) is 5.92 Å². The largest absolute Gasteiger partial charge is 0.497 e. The van der Waals surface area contributed by atoms with E-state index in [-0.39, 0.29) is 11.3 Å². The number of hydrogen-bond acceptors (Lipinski definition) is 3. The molecule has 2 bridgehead atoms. The minimum absolute atomic E-state index is 0.0406. The highest BCUT2D eigenvalue weighted by molar-refractivity contribution is 5.62. The summed E-state index contributed by atoms with van der Waals surface area (Å²) in [4.78, 5) is 14.0. The third kappa shape index (κ3) is 1.71. The van der Waals surface area contributed by atoms with Crippen molar-refractivity contribution in [3.8, 4) is 5.75 Å². The molecule has 3 nitrogen and oxygen atoms in total. The molecule has 1 saturated heterocycles. The van der Waals surface area contributed by atoms with E-state index in [9.17, 15) is 4.79 Å². The van der Waals surface area contributed by atoms with Gasteiger partial charge in [0.25, 0.3) is 0 Å². The maximum absolute atomic E-state index is 11.6. The SMILES string of the molecule is COc1ccc2c(c1)[C@@]1(C)CCN(C)C(C2)[C@@H]1C=O. The Labute approximate surface area is 114 Å².